The molecule has 0 bridgehead atoms. The minimum atomic E-state index is -4.57. The second-order valence-corrected chi connectivity index (χ2v) is 15.0. The molecule has 0 aromatic heterocycles. The van der Waals surface area contributed by atoms with Crippen molar-refractivity contribution in [2.45, 2.75) is 142 Å². The molecule has 0 saturated heterocycles. The number of aliphatic hydroxyl groups is 1. The van der Waals surface area contributed by atoms with Crippen molar-refractivity contribution >= 4 is 13.7 Å². The van der Waals surface area contributed by atoms with Gasteiger partial charge >= 0.3 is 0 Å². The first-order valence-corrected chi connectivity index (χ1v) is 20.1. The fraction of sp³-hybridized carbons (Fsp3) is 0.718. The van der Waals surface area contributed by atoms with Crippen LogP contribution in [0.25, 0.3) is 0 Å². The quantitative estimate of drug-likeness (QED) is 0.0315. The summed E-state index contributed by atoms with van der Waals surface area (Å²) >= 11 is 0. The van der Waals surface area contributed by atoms with Crippen LogP contribution in [0.15, 0.2) is 60.8 Å². The SMILES string of the molecule is CC/C=C\C/C=C\C/C=C\C/C=C\C/C=C\CCCC(=O)NC(COP(=O)([O-])OCC[N+](C)(C)C)C(O)CCCCCCCCCCC. The van der Waals surface area contributed by atoms with Crippen molar-refractivity contribution < 1.29 is 32.9 Å². The number of phosphoric acid groups is 1. The van der Waals surface area contributed by atoms with Crippen LogP contribution in [0, 0.1) is 0 Å². The molecule has 0 aromatic rings. The van der Waals surface area contributed by atoms with Crippen molar-refractivity contribution in [1.29, 1.82) is 0 Å². The van der Waals surface area contributed by atoms with Gasteiger partial charge in [0.1, 0.15) is 13.2 Å². The predicted octanol–water partition coefficient (Wildman–Crippen LogP) is 8.88. The number of hydrogen-bond donors (Lipinski definition) is 2. The van der Waals surface area contributed by atoms with Crippen molar-refractivity contribution in [1.82, 2.24) is 5.32 Å². The Balaban J connectivity index is 4.57. The van der Waals surface area contributed by atoms with Crippen LogP contribution in [0.5, 0.6) is 0 Å². The predicted molar refractivity (Wildman–Crippen MR) is 201 cm³/mol. The van der Waals surface area contributed by atoms with Crippen molar-refractivity contribution in [2.24, 2.45) is 0 Å². The summed E-state index contributed by atoms with van der Waals surface area (Å²) in [5.41, 5.74) is 0. The molecule has 0 aliphatic carbocycles. The molecule has 0 saturated carbocycles. The zero-order chi connectivity index (χ0) is 35.8. The molecule has 3 unspecified atom stereocenters. The first kappa shape index (κ1) is 46.2. The number of aliphatic hydroxyl groups excluding tert-OH is 1. The lowest BCUT2D eigenvalue weighted by Crippen LogP contribution is -2.46. The molecule has 2 N–H and O–H groups in total. The van der Waals surface area contributed by atoms with Crippen LogP contribution in [0.1, 0.15) is 129 Å². The van der Waals surface area contributed by atoms with Gasteiger partial charge in [-0.2, -0.15) is 0 Å². The van der Waals surface area contributed by atoms with Gasteiger partial charge in [0, 0.05) is 6.42 Å². The number of carbonyl (C=O) groups excluding carboxylic acids is 1. The Morgan fingerprint density at radius 2 is 1.25 bits per heavy atom. The Morgan fingerprint density at radius 3 is 1.77 bits per heavy atom. The summed E-state index contributed by atoms with van der Waals surface area (Å²) in [6.07, 6.45) is 38.1. The molecule has 1 amide bonds. The highest BCUT2D eigenvalue weighted by Gasteiger charge is 2.24. The molecule has 0 aromatic carbocycles. The lowest BCUT2D eigenvalue weighted by molar-refractivity contribution is -0.870. The smallest absolute Gasteiger partial charge is 0.268 e. The molecule has 9 heteroatoms. The second kappa shape index (κ2) is 31.2. The van der Waals surface area contributed by atoms with E-state index in [9.17, 15) is 19.4 Å². The van der Waals surface area contributed by atoms with E-state index >= 15 is 0 Å². The highest BCUT2D eigenvalue weighted by Crippen LogP contribution is 2.38. The van der Waals surface area contributed by atoms with Gasteiger partial charge in [0.15, 0.2) is 0 Å². The molecule has 278 valence electrons. The lowest BCUT2D eigenvalue weighted by atomic mass is 10.0. The number of phosphoric ester groups is 1. The number of nitrogens with one attached hydrogen (secondary N) is 1. The van der Waals surface area contributed by atoms with Crippen molar-refractivity contribution in [3.63, 3.8) is 0 Å². The molecule has 0 aliphatic heterocycles. The number of nitrogens with zero attached hydrogens (tertiary/aromatic N) is 1. The van der Waals surface area contributed by atoms with Crippen molar-refractivity contribution in [3.8, 4) is 0 Å². The van der Waals surface area contributed by atoms with E-state index in [-0.39, 0.29) is 25.5 Å². The zero-order valence-electron chi connectivity index (χ0n) is 31.2. The summed E-state index contributed by atoms with van der Waals surface area (Å²) in [7, 11) is 1.25. The van der Waals surface area contributed by atoms with Gasteiger partial charge in [0.25, 0.3) is 7.82 Å². The van der Waals surface area contributed by atoms with Gasteiger partial charge in [-0.05, 0) is 51.4 Å². The summed E-state index contributed by atoms with van der Waals surface area (Å²) in [4.78, 5) is 25.1. The molecule has 3 atom stereocenters. The van der Waals surface area contributed by atoms with Crippen LogP contribution >= 0.6 is 7.82 Å². The van der Waals surface area contributed by atoms with Gasteiger partial charge < -0.3 is 28.8 Å². The molecular formula is C39H71N2O6P. The normalized spacial score (nSPS) is 15.4. The molecule has 0 aliphatic rings. The molecule has 0 spiro atoms. The van der Waals surface area contributed by atoms with Crippen molar-refractivity contribution in [3.05, 3.63) is 60.8 Å². The van der Waals surface area contributed by atoms with Crippen LogP contribution in [-0.4, -0.2) is 68.5 Å². The van der Waals surface area contributed by atoms with E-state index < -0.39 is 20.0 Å². The number of quaternary nitrogens is 1. The number of carbonyl (C=O) groups is 1. The van der Waals surface area contributed by atoms with Gasteiger partial charge in [-0.1, -0.05) is 132 Å². The van der Waals surface area contributed by atoms with E-state index in [0.29, 0.717) is 23.9 Å². The molecule has 48 heavy (non-hydrogen) atoms. The fourth-order valence-electron chi connectivity index (χ4n) is 4.78. The van der Waals surface area contributed by atoms with E-state index in [0.717, 1.165) is 57.8 Å². The van der Waals surface area contributed by atoms with Crippen LogP contribution in [0.3, 0.4) is 0 Å². The average Bonchev–Trinajstić information content (AvgIpc) is 3.02. The maximum Gasteiger partial charge on any atom is 0.268 e. The van der Waals surface area contributed by atoms with E-state index in [1.54, 1.807) is 0 Å². The third-order valence-electron chi connectivity index (χ3n) is 7.77. The number of amides is 1. The number of likely N-dealkylation sites (N-methyl/N-ethyl adjacent to an activating group) is 1. The first-order valence-electron chi connectivity index (χ1n) is 18.6. The van der Waals surface area contributed by atoms with Gasteiger partial charge in [-0.25, -0.2) is 0 Å². The summed E-state index contributed by atoms with van der Waals surface area (Å²) < 4.78 is 23.1. The monoisotopic (exact) mass is 695 g/mol. The van der Waals surface area contributed by atoms with E-state index in [2.05, 4.69) is 79.9 Å². The molecular weight excluding hydrogens is 623 g/mol. The van der Waals surface area contributed by atoms with E-state index in [1.807, 2.05) is 21.1 Å². The Bertz CT molecular complexity index is 970. The summed E-state index contributed by atoms with van der Waals surface area (Å²) in [6.45, 7) is 4.49. The molecule has 0 rings (SSSR count). The second-order valence-electron chi connectivity index (χ2n) is 13.5. The maximum absolute atomic E-state index is 12.7. The van der Waals surface area contributed by atoms with Gasteiger partial charge in [-0.3, -0.25) is 9.36 Å². The fourth-order valence-corrected chi connectivity index (χ4v) is 5.50. The third kappa shape index (κ3) is 32.7. The van der Waals surface area contributed by atoms with E-state index in [4.69, 9.17) is 9.05 Å². The number of unbranched alkanes of at least 4 members (excludes halogenated alkanes) is 9. The van der Waals surface area contributed by atoms with Gasteiger partial charge in [0.2, 0.25) is 5.91 Å². The molecule has 0 heterocycles. The minimum absolute atomic E-state index is 0.00188. The Kier molecular flexibility index (Phi) is 30.0. The standard InChI is InChI=1S/C39H71N2O6P/c1-6-8-10-12-14-16-17-18-19-20-21-22-23-25-27-29-31-33-39(43)40-37(36-47-48(44,45)46-35-34-41(3,4)5)38(42)32-30-28-26-24-15-13-11-9-7-2/h8,10,14,16,18-19,21-22,25,27,37-38,42H,6-7,9,11-13,15,17,20,23-24,26,28-36H2,1-5H3,(H-,40,43,44,45)/b10-8-,16-14-,19-18-,22-21-,27-25-. The van der Waals surface area contributed by atoms with Crippen molar-refractivity contribution in [2.75, 3.05) is 40.9 Å². The average molecular weight is 695 g/mol. The van der Waals surface area contributed by atoms with Crippen LogP contribution in [0.4, 0.5) is 0 Å². The van der Waals surface area contributed by atoms with Crippen LogP contribution < -0.4 is 10.2 Å². The largest absolute Gasteiger partial charge is 0.756 e. The number of rotatable bonds is 32. The molecule has 8 nitrogen and oxygen atoms in total. The summed E-state index contributed by atoms with van der Waals surface area (Å²) in [5, 5.41) is 13.7. The Labute approximate surface area is 294 Å². The molecule has 0 radical (unpaired) electrons. The first-order chi connectivity index (χ1) is 23.0. The third-order valence-corrected chi connectivity index (χ3v) is 8.73. The highest BCUT2D eigenvalue weighted by molar-refractivity contribution is 7.45. The van der Waals surface area contributed by atoms with Crippen LogP contribution in [-0.2, 0) is 18.4 Å². The summed E-state index contributed by atoms with van der Waals surface area (Å²) in [6, 6.07) is -0.829. The van der Waals surface area contributed by atoms with Gasteiger partial charge in [-0.15, -0.1) is 0 Å². The summed E-state index contributed by atoms with van der Waals surface area (Å²) in [5.74, 6) is -0.228. The number of hydrogen-bond acceptors (Lipinski definition) is 6. The molecule has 0 fully saturated rings. The topological polar surface area (TPSA) is 108 Å². The Hall–Kier alpha value is -1.80. The van der Waals surface area contributed by atoms with Crippen LogP contribution in [0.2, 0.25) is 0 Å². The maximum atomic E-state index is 12.7. The number of allylic oxidation sites excluding steroid dienone is 10. The van der Waals surface area contributed by atoms with E-state index in [1.165, 1.54) is 38.5 Å². The highest BCUT2D eigenvalue weighted by atomic mass is 31.2. The minimum Gasteiger partial charge on any atom is -0.756 e. The zero-order valence-corrected chi connectivity index (χ0v) is 32.1. The van der Waals surface area contributed by atoms with Gasteiger partial charge in [0.05, 0.1) is 39.9 Å². The lowest BCUT2D eigenvalue weighted by Gasteiger charge is -2.30. The Morgan fingerprint density at radius 1 is 0.750 bits per heavy atom.